The molecule has 0 saturated heterocycles. The Balaban J connectivity index is 2.36. The SMILES string of the molecule is CN(c1cccc(C#N)c1)c1ccc(CCl)c(Cl)c1. The van der Waals surface area contributed by atoms with Crippen LogP contribution in [0, 0.1) is 11.3 Å². The second kappa shape index (κ2) is 5.97. The molecule has 2 rings (SSSR count). The number of alkyl halides is 1. The van der Waals surface area contributed by atoms with Crippen LogP contribution in [-0.2, 0) is 5.88 Å². The Morgan fingerprint density at radius 3 is 2.53 bits per heavy atom. The van der Waals surface area contributed by atoms with Crippen molar-refractivity contribution in [1.82, 2.24) is 0 Å². The average molecular weight is 291 g/mol. The van der Waals surface area contributed by atoms with Crippen molar-refractivity contribution in [1.29, 1.82) is 5.26 Å². The second-order valence-electron chi connectivity index (χ2n) is 4.13. The lowest BCUT2D eigenvalue weighted by Gasteiger charge is -2.20. The smallest absolute Gasteiger partial charge is 0.0992 e. The summed E-state index contributed by atoms with van der Waals surface area (Å²) in [4.78, 5) is 1.98. The van der Waals surface area contributed by atoms with E-state index < -0.39 is 0 Å². The highest BCUT2D eigenvalue weighted by atomic mass is 35.5. The van der Waals surface area contributed by atoms with E-state index in [9.17, 15) is 0 Å². The fourth-order valence-electron chi connectivity index (χ4n) is 1.79. The third-order valence-corrected chi connectivity index (χ3v) is 3.57. The minimum Gasteiger partial charge on any atom is -0.345 e. The Morgan fingerprint density at radius 1 is 1.16 bits per heavy atom. The zero-order chi connectivity index (χ0) is 13.8. The van der Waals surface area contributed by atoms with Gasteiger partial charge in [0, 0.05) is 29.3 Å². The van der Waals surface area contributed by atoms with Crippen molar-refractivity contribution in [2.75, 3.05) is 11.9 Å². The number of hydrogen-bond acceptors (Lipinski definition) is 2. The minimum absolute atomic E-state index is 0.396. The normalized spacial score (nSPS) is 10.0. The van der Waals surface area contributed by atoms with Crippen LogP contribution in [0.4, 0.5) is 11.4 Å². The van der Waals surface area contributed by atoms with Gasteiger partial charge in [-0.25, -0.2) is 0 Å². The van der Waals surface area contributed by atoms with Crippen molar-refractivity contribution in [2.45, 2.75) is 5.88 Å². The summed E-state index contributed by atoms with van der Waals surface area (Å²) < 4.78 is 0. The van der Waals surface area contributed by atoms with Gasteiger partial charge in [-0.3, -0.25) is 0 Å². The molecule has 2 nitrogen and oxygen atoms in total. The zero-order valence-electron chi connectivity index (χ0n) is 10.4. The van der Waals surface area contributed by atoms with Gasteiger partial charge in [0.2, 0.25) is 0 Å². The van der Waals surface area contributed by atoms with Crippen LogP contribution >= 0.6 is 23.2 Å². The summed E-state index contributed by atoms with van der Waals surface area (Å²) in [5.74, 6) is 0.396. The zero-order valence-corrected chi connectivity index (χ0v) is 11.9. The summed E-state index contributed by atoms with van der Waals surface area (Å²) in [6, 6.07) is 15.3. The van der Waals surface area contributed by atoms with Gasteiger partial charge >= 0.3 is 0 Å². The molecule has 96 valence electrons. The molecule has 0 aliphatic carbocycles. The summed E-state index contributed by atoms with van der Waals surface area (Å²) in [6.45, 7) is 0. The van der Waals surface area contributed by atoms with Crippen molar-refractivity contribution in [3.63, 3.8) is 0 Å². The van der Waals surface area contributed by atoms with Crippen LogP contribution in [0.1, 0.15) is 11.1 Å². The third-order valence-electron chi connectivity index (χ3n) is 2.93. The van der Waals surface area contributed by atoms with Crippen LogP contribution in [0.2, 0.25) is 5.02 Å². The van der Waals surface area contributed by atoms with Crippen LogP contribution in [0.3, 0.4) is 0 Å². The van der Waals surface area contributed by atoms with Crippen LogP contribution in [0.25, 0.3) is 0 Å². The molecule has 0 atom stereocenters. The highest BCUT2D eigenvalue weighted by Crippen LogP contribution is 2.29. The molecule has 2 aromatic carbocycles. The van der Waals surface area contributed by atoms with E-state index in [2.05, 4.69) is 6.07 Å². The fraction of sp³-hybridized carbons (Fsp3) is 0.133. The van der Waals surface area contributed by atoms with Crippen molar-refractivity contribution < 1.29 is 0 Å². The van der Waals surface area contributed by atoms with Gasteiger partial charge < -0.3 is 4.90 Å². The summed E-state index contributed by atoms with van der Waals surface area (Å²) >= 11 is 11.9. The first-order valence-corrected chi connectivity index (χ1v) is 6.65. The highest BCUT2D eigenvalue weighted by molar-refractivity contribution is 6.32. The molecule has 0 unspecified atom stereocenters. The molecule has 0 bridgehead atoms. The first-order valence-electron chi connectivity index (χ1n) is 5.74. The Hall–Kier alpha value is -1.69. The Kier molecular flexibility index (Phi) is 4.31. The quantitative estimate of drug-likeness (QED) is 0.765. The van der Waals surface area contributed by atoms with Crippen molar-refractivity contribution >= 4 is 34.6 Å². The number of hydrogen-bond donors (Lipinski definition) is 0. The molecule has 0 aromatic heterocycles. The topological polar surface area (TPSA) is 27.0 Å². The van der Waals surface area contributed by atoms with E-state index in [4.69, 9.17) is 28.5 Å². The average Bonchev–Trinajstić information content (AvgIpc) is 2.46. The lowest BCUT2D eigenvalue weighted by atomic mass is 10.1. The van der Waals surface area contributed by atoms with E-state index in [-0.39, 0.29) is 0 Å². The van der Waals surface area contributed by atoms with Crippen molar-refractivity contribution in [2.24, 2.45) is 0 Å². The van der Waals surface area contributed by atoms with Gasteiger partial charge in [-0.05, 0) is 35.9 Å². The van der Waals surface area contributed by atoms with Crippen LogP contribution < -0.4 is 4.90 Å². The van der Waals surface area contributed by atoms with Gasteiger partial charge in [0.15, 0.2) is 0 Å². The number of halogens is 2. The number of nitriles is 1. The van der Waals surface area contributed by atoms with Crippen LogP contribution in [0.5, 0.6) is 0 Å². The van der Waals surface area contributed by atoms with E-state index in [1.54, 1.807) is 6.07 Å². The molecule has 4 heteroatoms. The monoisotopic (exact) mass is 290 g/mol. The lowest BCUT2D eigenvalue weighted by Crippen LogP contribution is -2.09. The number of anilines is 2. The molecule has 0 spiro atoms. The van der Waals surface area contributed by atoms with Crippen molar-refractivity contribution in [3.05, 3.63) is 58.6 Å². The standard InChI is InChI=1S/C15H12Cl2N2/c1-19(13-4-2-3-11(7-13)10-18)14-6-5-12(9-16)15(17)8-14/h2-8H,9H2,1H3. The van der Waals surface area contributed by atoms with Gasteiger partial charge in [0.1, 0.15) is 0 Å². The molecular formula is C15H12Cl2N2. The third kappa shape index (κ3) is 3.01. The molecule has 2 aromatic rings. The summed E-state index contributed by atoms with van der Waals surface area (Å²) in [7, 11) is 1.93. The maximum Gasteiger partial charge on any atom is 0.0992 e. The molecular weight excluding hydrogens is 279 g/mol. The largest absolute Gasteiger partial charge is 0.345 e. The van der Waals surface area contributed by atoms with E-state index in [1.165, 1.54) is 0 Å². The number of benzene rings is 2. The fourth-order valence-corrected chi connectivity index (χ4v) is 2.33. The molecule has 0 saturated carbocycles. The molecule has 19 heavy (non-hydrogen) atoms. The van der Waals surface area contributed by atoms with Gasteiger partial charge in [0.25, 0.3) is 0 Å². The molecule has 0 aliphatic rings. The summed E-state index contributed by atoms with van der Waals surface area (Å²) in [6.07, 6.45) is 0. The number of nitrogens with zero attached hydrogens (tertiary/aromatic N) is 2. The Bertz CT molecular complexity index is 632. The maximum absolute atomic E-state index is 8.92. The van der Waals surface area contributed by atoms with Gasteiger partial charge in [-0.1, -0.05) is 23.7 Å². The highest BCUT2D eigenvalue weighted by Gasteiger charge is 2.07. The molecule has 0 amide bonds. The molecule has 0 N–H and O–H groups in total. The van der Waals surface area contributed by atoms with Gasteiger partial charge in [0.05, 0.1) is 11.6 Å². The molecule has 0 aliphatic heterocycles. The predicted octanol–water partition coefficient (Wildman–Crippen LogP) is 4.72. The molecule has 0 fully saturated rings. The van der Waals surface area contributed by atoms with Crippen LogP contribution in [0.15, 0.2) is 42.5 Å². The Labute approximate surface area is 122 Å². The van der Waals surface area contributed by atoms with E-state index in [0.717, 1.165) is 16.9 Å². The van der Waals surface area contributed by atoms with Crippen molar-refractivity contribution in [3.8, 4) is 6.07 Å². The Morgan fingerprint density at radius 2 is 1.89 bits per heavy atom. The first kappa shape index (κ1) is 13.7. The first-order chi connectivity index (χ1) is 9.15. The second-order valence-corrected chi connectivity index (χ2v) is 4.80. The predicted molar refractivity (Wildman–Crippen MR) is 80.2 cm³/mol. The molecule has 0 radical (unpaired) electrons. The summed E-state index contributed by atoms with van der Waals surface area (Å²) in [5, 5.41) is 9.57. The number of rotatable bonds is 3. The van der Waals surface area contributed by atoms with E-state index >= 15 is 0 Å². The van der Waals surface area contributed by atoms with Gasteiger partial charge in [-0.2, -0.15) is 5.26 Å². The lowest BCUT2D eigenvalue weighted by molar-refractivity contribution is 1.20. The maximum atomic E-state index is 8.92. The minimum atomic E-state index is 0.396. The van der Waals surface area contributed by atoms with Gasteiger partial charge in [-0.15, -0.1) is 11.6 Å². The van der Waals surface area contributed by atoms with Crippen LogP contribution in [-0.4, -0.2) is 7.05 Å². The molecule has 0 heterocycles. The summed E-state index contributed by atoms with van der Waals surface area (Å²) in [5.41, 5.74) is 3.43. The van der Waals surface area contributed by atoms with E-state index in [0.29, 0.717) is 16.5 Å². The van der Waals surface area contributed by atoms with E-state index in [1.807, 2.05) is 48.3 Å².